The lowest BCUT2D eigenvalue weighted by Crippen LogP contribution is -2.65. The van der Waals surface area contributed by atoms with Crippen LogP contribution in [0.25, 0.3) is 0 Å². The van der Waals surface area contributed by atoms with Crippen LogP contribution in [0.15, 0.2) is 134 Å². The Balaban J connectivity index is 1.60. The van der Waals surface area contributed by atoms with Crippen molar-refractivity contribution in [2.75, 3.05) is 19.8 Å². The van der Waals surface area contributed by atoms with Crippen molar-refractivity contribution in [1.82, 2.24) is 5.32 Å². The minimum Gasteiger partial charge on any atom is -0.394 e. The first kappa shape index (κ1) is 69.2. The molecule has 0 spiro atoms. The number of hydrogen-bond acceptors (Lipinski definition) is 13. The molecular weight excluding hydrogens is 979 g/mol. The molecule has 0 aliphatic carbocycles. The summed E-state index contributed by atoms with van der Waals surface area (Å²) in [7, 11) is 0. The van der Waals surface area contributed by atoms with Gasteiger partial charge in [-0.15, -0.1) is 0 Å². The van der Waals surface area contributed by atoms with Gasteiger partial charge in [0.25, 0.3) is 0 Å². The molecule has 14 nitrogen and oxygen atoms in total. The van der Waals surface area contributed by atoms with Gasteiger partial charge in [-0.05, 0) is 96.3 Å². The highest BCUT2D eigenvalue weighted by Gasteiger charge is 2.51. The highest BCUT2D eigenvalue weighted by atomic mass is 16.7. The first-order valence-electron chi connectivity index (χ1n) is 28.9. The molecule has 0 aromatic heterocycles. The van der Waals surface area contributed by atoms with Gasteiger partial charge in [0.1, 0.15) is 48.8 Å². The highest BCUT2D eigenvalue weighted by Crippen LogP contribution is 2.30. The van der Waals surface area contributed by atoms with E-state index >= 15 is 0 Å². The number of amides is 1. The maximum absolute atomic E-state index is 13.1. The third kappa shape index (κ3) is 32.7. The van der Waals surface area contributed by atoms with Gasteiger partial charge in [0.2, 0.25) is 5.91 Å². The van der Waals surface area contributed by atoms with E-state index in [0.29, 0.717) is 6.42 Å². The smallest absolute Gasteiger partial charge is 0.220 e. The van der Waals surface area contributed by atoms with Crippen LogP contribution >= 0.6 is 0 Å². The number of ether oxygens (including phenoxy) is 4. The second-order valence-corrected chi connectivity index (χ2v) is 19.7. The van der Waals surface area contributed by atoms with E-state index in [1.54, 1.807) is 6.08 Å². The quantitative estimate of drug-likeness (QED) is 0.0205. The average molecular weight is 1080 g/mol. The fraction of sp³-hybridized carbons (Fsp3) is 0.635. The van der Waals surface area contributed by atoms with Gasteiger partial charge in [-0.1, -0.05) is 192 Å². The first-order valence-corrected chi connectivity index (χ1v) is 28.9. The molecule has 0 aromatic carbocycles. The van der Waals surface area contributed by atoms with Crippen molar-refractivity contribution in [2.24, 2.45) is 0 Å². The summed E-state index contributed by atoms with van der Waals surface area (Å²) in [6.45, 7) is 2.54. The Morgan fingerprint density at radius 1 is 0.481 bits per heavy atom. The largest absolute Gasteiger partial charge is 0.394 e. The molecule has 9 N–H and O–H groups in total. The lowest BCUT2D eigenvalue weighted by Gasteiger charge is -2.46. The predicted molar refractivity (Wildman–Crippen MR) is 308 cm³/mol. The van der Waals surface area contributed by atoms with E-state index in [0.717, 1.165) is 135 Å². The number of carbonyl (C=O) groups excluding carboxylic acids is 1. The molecule has 2 rings (SSSR count). The average Bonchev–Trinajstić information content (AvgIpc) is 3.43. The lowest BCUT2D eigenvalue weighted by atomic mass is 9.97. The lowest BCUT2D eigenvalue weighted by molar-refractivity contribution is -0.359. The monoisotopic (exact) mass is 1080 g/mol. The van der Waals surface area contributed by atoms with Crippen LogP contribution in [0.5, 0.6) is 0 Å². The second kappa shape index (κ2) is 47.0. The first-order chi connectivity index (χ1) is 37.6. The van der Waals surface area contributed by atoms with Gasteiger partial charge in [-0.25, -0.2) is 0 Å². The van der Waals surface area contributed by atoms with Crippen molar-refractivity contribution < 1.29 is 64.6 Å². The Hall–Kier alpha value is -3.87. The summed E-state index contributed by atoms with van der Waals surface area (Å²) in [5, 5.41) is 86.4. The number of unbranched alkanes of at least 4 members (excludes halogenated alkanes) is 10. The number of rotatable bonds is 43. The number of allylic oxidation sites excluding steroid dienone is 21. The summed E-state index contributed by atoms with van der Waals surface area (Å²) in [6, 6.07) is -0.929. The minimum atomic E-state index is -1.79. The summed E-state index contributed by atoms with van der Waals surface area (Å²) in [4.78, 5) is 13.1. The molecule has 436 valence electrons. The van der Waals surface area contributed by atoms with Gasteiger partial charge in [-0.3, -0.25) is 4.79 Å². The summed E-state index contributed by atoms with van der Waals surface area (Å²) >= 11 is 0. The van der Waals surface area contributed by atoms with Gasteiger partial charge in [0.05, 0.1) is 32.0 Å². The van der Waals surface area contributed by atoms with Gasteiger partial charge < -0.3 is 65.1 Å². The Bertz CT molecular complexity index is 1800. The van der Waals surface area contributed by atoms with Gasteiger partial charge in [0, 0.05) is 6.42 Å². The summed E-state index contributed by atoms with van der Waals surface area (Å²) in [5.74, 6) is -0.267. The molecule has 2 saturated heterocycles. The summed E-state index contributed by atoms with van der Waals surface area (Å²) in [6.07, 6.45) is 52.7. The fourth-order valence-corrected chi connectivity index (χ4v) is 8.43. The fourth-order valence-electron chi connectivity index (χ4n) is 8.43. The van der Waals surface area contributed by atoms with Crippen LogP contribution in [0.2, 0.25) is 0 Å². The molecule has 1 amide bonds. The van der Waals surface area contributed by atoms with Crippen LogP contribution in [0.1, 0.15) is 162 Å². The molecular formula is C63H101NO13. The summed E-state index contributed by atoms with van der Waals surface area (Å²) in [5.41, 5.74) is 0. The highest BCUT2D eigenvalue weighted by molar-refractivity contribution is 5.76. The van der Waals surface area contributed by atoms with Gasteiger partial charge in [-0.2, -0.15) is 0 Å². The molecule has 2 heterocycles. The van der Waals surface area contributed by atoms with Crippen molar-refractivity contribution in [3.63, 3.8) is 0 Å². The number of aliphatic hydroxyl groups excluding tert-OH is 8. The van der Waals surface area contributed by atoms with E-state index in [4.69, 9.17) is 18.9 Å². The number of nitrogens with one attached hydrogen (secondary N) is 1. The zero-order valence-corrected chi connectivity index (χ0v) is 46.6. The van der Waals surface area contributed by atoms with E-state index in [1.165, 1.54) is 0 Å². The van der Waals surface area contributed by atoms with Crippen molar-refractivity contribution in [3.05, 3.63) is 134 Å². The maximum Gasteiger partial charge on any atom is 0.220 e. The molecule has 12 atom stereocenters. The number of aliphatic hydroxyl groups is 8. The molecule has 0 saturated carbocycles. The van der Waals surface area contributed by atoms with E-state index in [9.17, 15) is 45.6 Å². The van der Waals surface area contributed by atoms with Crippen LogP contribution in [0.3, 0.4) is 0 Å². The molecule has 12 unspecified atom stereocenters. The summed E-state index contributed by atoms with van der Waals surface area (Å²) < 4.78 is 22.6. The molecule has 14 heteroatoms. The third-order valence-corrected chi connectivity index (χ3v) is 13.1. The zero-order valence-electron chi connectivity index (χ0n) is 46.6. The van der Waals surface area contributed by atoms with Gasteiger partial charge >= 0.3 is 0 Å². The molecule has 2 fully saturated rings. The van der Waals surface area contributed by atoms with Crippen molar-refractivity contribution >= 4 is 5.91 Å². The van der Waals surface area contributed by atoms with Crippen molar-refractivity contribution in [2.45, 2.75) is 235 Å². The van der Waals surface area contributed by atoms with E-state index in [-0.39, 0.29) is 18.9 Å². The Morgan fingerprint density at radius 3 is 1.38 bits per heavy atom. The predicted octanol–water partition coefficient (Wildman–Crippen LogP) is 9.60. The van der Waals surface area contributed by atoms with Crippen molar-refractivity contribution in [1.29, 1.82) is 0 Å². The third-order valence-electron chi connectivity index (χ3n) is 13.1. The van der Waals surface area contributed by atoms with E-state index in [1.807, 2.05) is 6.08 Å². The molecule has 2 aliphatic rings. The van der Waals surface area contributed by atoms with Gasteiger partial charge in [0.15, 0.2) is 12.6 Å². The minimum absolute atomic E-state index is 0.254. The van der Waals surface area contributed by atoms with E-state index in [2.05, 4.69) is 141 Å². The normalized spacial score (nSPS) is 25.7. The molecule has 0 aromatic rings. The number of carbonyl (C=O) groups is 1. The van der Waals surface area contributed by atoms with Crippen LogP contribution in [-0.2, 0) is 23.7 Å². The second-order valence-electron chi connectivity index (χ2n) is 19.7. The number of hydrogen-bond donors (Lipinski definition) is 9. The Kier molecular flexibility index (Phi) is 42.2. The SMILES string of the molecule is CC/C=C\C/C=C\C/C=C\C/C=C\C/C=C\C/C=C\C/C=C\C/C=C\C/C=C\C/C=C\CCCCCCCCC(=O)NC(COC1OC(CO)C(OC2OC(CO)C(O)C(O)C2O)C(O)C1O)C(O)/C=C/CCCCCC. The zero-order chi connectivity index (χ0) is 56.0. The van der Waals surface area contributed by atoms with Crippen LogP contribution in [0, 0.1) is 0 Å². The van der Waals surface area contributed by atoms with Crippen LogP contribution in [-0.4, -0.2) is 140 Å². The molecule has 0 radical (unpaired) electrons. The molecule has 0 bridgehead atoms. The van der Waals surface area contributed by atoms with E-state index < -0.39 is 86.8 Å². The van der Waals surface area contributed by atoms with Crippen LogP contribution in [0.4, 0.5) is 0 Å². The topological polar surface area (TPSA) is 228 Å². The molecule has 77 heavy (non-hydrogen) atoms. The standard InChI is InChI=1S/C63H101NO13/c1-3-5-7-9-11-12-13-14-15-16-17-18-19-20-21-22-23-24-25-26-27-28-29-30-31-32-33-34-35-36-37-38-39-40-41-43-45-47-55(68)64-51(52(67)46-44-42-10-8-6-4-2)50-74-62-60(73)58(71)61(54(49-66)76-62)77-63-59(72)57(70)56(69)53(48-65)75-63/h5,7,11-12,14-15,17-18,20-21,23-24,26-27,29-30,32-33,35-36,44,46,51-54,56-63,65-67,69-73H,3-4,6,8-10,13,16,19,22,25,28,31,34,37-43,45,47-50H2,1-2H3,(H,64,68)/b7-5-,12-11-,15-14-,18-17-,21-20-,24-23-,27-26-,30-29-,33-32-,36-35-,46-44+. The molecule has 2 aliphatic heterocycles. The Labute approximate surface area is 462 Å². The maximum atomic E-state index is 13.1. The van der Waals surface area contributed by atoms with Crippen LogP contribution < -0.4 is 5.32 Å². The van der Waals surface area contributed by atoms with Crippen molar-refractivity contribution in [3.8, 4) is 0 Å². The Morgan fingerprint density at radius 2 is 0.896 bits per heavy atom.